The summed E-state index contributed by atoms with van der Waals surface area (Å²) in [7, 11) is -7.72. The van der Waals surface area contributed by atoms with Gasteiger partial charge in [0.2, 0.25) is 11.9 Å². The average molecular weight is 1040 g/mol. The SMILES string of the molecule is Cc1cc(O)ccc1Nc1nccc(-c2cn(S(=O)(=O)c3ccccc3)c3ncccc23)n1.Cc1cc(OCCOC2CCCCO2)ccc1Nc1nccc(-c2cn(S(=O)(=O)c3ccccc3)c3ncccc23)n1. The highest BCUT2D eigenvalue weighted by Crippen LogP contribution is 2.34. The summed E-state index contributed by atoms with van der Waals surface area (Å²) < 4.78 is 73.2. The maximum atomic E-state index is 13.5. The van der Waals surface area contributed by atoms with Crippen LogP contribution in [0, 0.1) is 13.8 Å². The Bertz CT molecular complexity index is 3870. The number of fused-ring (bicyclic) bond motifs is 2. The van der Waals surface area contributed by atoms with Gasteiger partial charge in [-0.2, -0.15) is 0 Å². The maximum Gasteiger partial charge on any atom is 0.269 e. The lowest BCUT2D eigenvalue weighted by Crippen LogP contribution is -2.24. The van der Waals surface area contributed by atoms with Crippen molar-refractivity contribution in [3.63, 3.8) is 0 Å². The van der Waals surface area contributed by atoms with E-state index in [0.29, 0.717) is 69.7 Å². The van der Waals surface area contributed by atoms with E-state index >= 15 is 0 Å². The summed E-state index contributed by atoms with van der Waals surface area (Å²) >= 11 is 0. The van der Waals surface area contributed by atoms with Gasteiger partial charge in [-0.15, -0.1) is 0 Å². The zero-order valence-corrected chi connectivity index (χ0v) is 42.3. The number of nitrogens with one attached hydrogen (secondary N) is 2. The molecule has 380 valence electrons. The minimum atomic E-state index is -3.87. The number of ether oxygens (including phenoxy) is 3. The van der Waals surface area contributed by atoms with E-state index in [9.17, 15) is 21.9 Å². The molecule has 0 radical (unpaired) electrons. The topological polar surface area (TPSA) is 227 Å². The number of anilines is 4. The third-order valence-corrected chi connectivity index (χ3v) is 15.5. The van der Waals surface area contributed by atoms with Crippen molar-refractivity contribution in [1.82, 2.24) is 37.8 Å². The number of benzene rings is 4. The van der Waals surface area contributed by atoms with E-state index in [2.05, 4.69) is 35.6 Å². The zero-order valence-electron chi connectivity index (χ0n) is 40.7. The Morgan fingerprint density at radius 3 is 1.64 bits per heavy atom. The van der Waals surface area contributed by atoms with Crippen LogP contribution in [0.1, 0.15) is 30.4 Å². The van der Waals surface area contributed by atoms with Gasteiger partial charge in [-0.25, -0.2) is 54.7 Å². The lowest BCUT2D eigenvalue weighted by molar-refractivity contribution is -0.165. The number of aromatic nitrogens is 8. The summed E-state index contributed by atoms with van der Waals surface area (Å²) in [6.45, 7) is 5.48. The first kappa shape index (κ1) is 50.0. The Hall–Kier alpha value is -8.56. The molecule has 0 spiro atoms. The van der Waals surface area contributed by atoms with Gasteiger partial charge in [0.25, 0.3) is 20.0 Å². The Labute approximate surface area is 432 Å². The number of pyridine rings is 2. The van der Waals surface area contributed by atoms with E-state index < -0.39 is 20.0 Å². The molecule has 4 aromatic carbocycles. The second-order valence-electron chi connectivity index (χ2n) is 17.3. The van der Waals surface area contributed by atoms with Crippen LogP contribution >= 0.6 is 0 Å². The maximum absolute atomic E-state index is 13.5. The summed E-state index contributed by atoms with van der Waals surface area (Å²) in [6, 6.07) is 37.8. The second kappa shape index (κ2) is 21.9. The van der Waals surface area contributed by atoms with E-state index in [4.69, 9.17) is 19.2 Å². The van der Waals surface area contributed by atoms with Gasteiger partial charge in [-0.1, -0.05) is 36.4 Å². The fourth-order valence-corrected chi connectivity index (χ4v) is 11.2. The first-order chi connectivity index (χ1) is 36.4. The number of nitrogens with zero attached hydrogens (tertiary/aromatic N) is 8. The number of phenols is 1. The monoisotopic (exact) mass is 1040 g/mol. The molecule has 10 aromatic rings. The van der Waals surface area contributed by atoms with Crippen LogP contribution in [0.2, 0.25) is 0 Å². The molecule has 1 aliphatic heterocycles. The smallest absolute Gasteiger partial charge is 0.269 e. The van der Waals surface area contributed by atoms with Crippen molar-refractivity contribution in [2.75, 3.05) is 30.5 Å². The van der Waals surface area contributed by atoms with Crippen LogP contribution in [0.3, 0.4) is 0 Å². The van der Waals surface area contributed by atoms with Gasteiger partial charge in [-0.3, -0.25) is 0 Å². The van der Waals surface area contributed by atoms with Gasteiger partial charge >= 0.3 is 0 Å². The normalized spacial score (nSPS) is 13.8. The summed E-state index contributed by atoms with van der Waals surface area (Å²) in [5.41, 5.74) is 6.35. The third kappa shape index (κ3) is 11.0. The van der Waals surface area contributed by atoms with Crippen molar-refractivity contribution >= 4 is 65.4 Å². The van der Waals surface area contributed by atoms with Gasteiger partial charge in [0.05, 0.1) is 27.8 Å². The van der Waals surface area contributed by atoms with E-state index in [1.165, 1.54) is 14.1 Å². The molecule has 75 heavy (non-hydrogen) atoms. The lowest BCUT2D eigenvalue weighted by Gasteiger charge is -2.22. The molecule has 1 atom stereocenters. The molecule has 0 aliphatic carbocycles. The van der Waals surface area contributed by atoms with Crippen LogP contribution in [0.4, 0.5) is 23.3 Å². The molecule has 1 saturated heterocycles. The van der Waals surface area contributed by atoms with Gasteiger partial charge in [-0.05, 0) is 141 Å². The molecule has 1 aliphatic rings. The van der Waals surface area contributed by atoms with Crippen molar-refractivity contribution in [1.29, 1.82) is 0 Å². The number of hydrogen-bond donors (Lipinski definition) is 3. The minimum Gasteiger partial charge on any atom is -0.508 e. The van der Waals surface area contributed by atoms with Crippen molar-refractivity contribution in [3.8, 4) is 34.0 Å². The third-order valence-electron chi connectivity index (χ3n) is 12.2. The molecule has 20 heteroatoms. The van der Waals surface area contributed by atoms with E-state index in [-0.39, 0.29) is 21.8 Å². The zero-order chi connectivity index (χ0) is 51.9. The highest BCUT2D eigenvalue weighted by atomic mass is 32.2. The van der Waals surface area contributed by atoms with Crippen molar-refractivity contribution < 1.29 is 36.2 Å². The van der Waals surface area contributed by atoms with E-state index in [1.807, 2.05) is 44.2 Å². The van der Waals surface area contributed by atoms with Gasteiger partial charge < -0.3 is 30.0 Å². The standard InChI is InChI=1S/C31H31N5O5S.C24H19N5O3S/c1-22-20-23(39-18-19-41-29-11-5-6-17-40-29)12-13-27(22)34-31-33-16-14-28(35-31)26-21-36(30-25(26)10-7-15-32-30)42(37,38)24-8-3-2-4-9-24;1-16-14-17(30)9-10-21(16)27-24-26-13-11-22(28-24)20-15-29(23-19(20)8-5-12-25-23)33(31,32)18-6-3-2-4-7-18/h2-4,7-10,12-16,20-21,29H,5-6,11,17-19H2,1H3,(H,33,34,35);2-15,30H,1H3,(H,26,27,28). The van der Waals surface area contributed by atoms with Crippen LogP contribution in [-0.2, 0) is 29.5 Å². The molecule has 1 unspecified atom stereocenters. The van der Waals surface area contributed by atoms with Crippen molar-refractivity contribution in [2.45, 2.75) is 49.2 Å². The Morgan fingerprint density at radius 1 is 0.600 bits per heavy atom. The highest BCUT2D eigenvalue weighted by molar-refractivity contribution is 7.90. The van der Waals surface area contributed by atoms with Crippen LogP contribution in [0.15, 0.2) is 180 Å². The average Bonchev–Trinajstić information content (AvgIpc) is 4.04. The van der Waals surface area contributed by atoms with E-state index in [0.717, 1.165) is 54.1 Å². The first-order valence-electron chi connectivity index (χ1n) is 23.9. The predicted octanol–water partition coefficient (Wildman–Crippen LogP) is 10.2. The van der Waals surface area contributed by atoms with Crippen molar-refractivity contribution in [2.24, 2.45) is 0 Å². The van der Waals surface area contributed by atoms with Crippen molar-refractivity contribution in [3.05, 3.63) is 182 Å². The second-order valence-corrected chi connectivity index (χ2v) is 21.0. The Balaban J connectivity index is 0.000000176. The molecular formula is C55H50N10O8S2. The highest BCUT2D eigenvalue weighted by Gasteiger charge is 2.25. The summed E-state index contributed by atoms with van der Waals surface area (Å²) in [6.07, 6.45) is 12.5. The predicted molar refractivity (Wildman–Crippen MR) is 285 cm³/mol. The number of aromatic hydroxyl groups is 1. The number of rotatable bonds is 15. The Kier molecular flexibility index (Phi) is 14.6. The number of aryl methyl sites for hydroxylation is 2. The molecule has 0 amide bonds. The largest absolute Gasteiger partial charge is 0.508 e. The van der Waals surface area contributed by atoms with Crippen LogP contribution in [0.5, 0.6) is 11.5 Å². The molecule has 7 heterocycles. The fourth-order valence-electron chi connectivity index (χ4n) is 8.46. The van der Waals surface area contributed by atoms with Crippen LogP contribution in [-0.4, -0.2) is 85.9 Å². The fraction of sp³-hybridized carbons (Fsp3) is 0.164. The molecular weight excluding hydrogens is 993 g/mol. The molecule has 1 fully saturated rings. The number of hydrogen-bond acceptors (Lipinski definition) is 16. The molecule has 11 rings (SSSR count). The molecule has 3 N–H and O–H groups in total. The molecule has 18 nitrogen and oxygen atoms in total. The van der Waals surface area contributed by atoms with Crippen LogP contribution in [0.25, 0.3) is 44.6 Å². The van der Waals surface area contributed by atoms with Gasteiger partial charge in [0, 0.05) is 77.1 Å². The molecule has 0 bridgehead atoms. The lowest BCUT2D eigenvalue weighted by atomic mass is 10.1. The first-order valence-corrected chi connectivity index (χ1v) is 26.8. The minimum absolute atomic E-state index is 0.132. The summed E-state index contributed by atoms with van der Waals surface area (Å²) in [5, 5.41) is 17.4. The Morgan fingerprint density at radius 2 is 1.13 bits per heavy atom. The number of phenolic OH excluding ortho intramolecular Hbond substituents is 1. The van der Waals surface area contributed by atoms with E-state index in [1.54, 1.807) is 134 Å². The van der Waals surface area contributed by atoms with Gasteiger partial charge in [0.1, 0.15) is 18.1 Å². The molecule has 0 saturated carbocycles. The quantitative estimate of drug-likeness (QED) is 0.0641. The van der Waals surface area contributed by atoms with Gasteiger partial charge in [0.15, 0.2) is 17.6 Å². The van der Waals surface area contributed by atoms with Crippen LogP contribution < -0.4 is 15.4 Å². The molecule has 6 aromatic heterocycles. The summed E-state index contributed by atoms with van der Waals surface area (Å²) in [5.74, 6) is 1.63. The summed E-state index contributed by atoms with van der Waals surface area (Å²) in [4.78, 5) is 27.0.